The van der Waals surface area contributed by atoms with Crippen molar-refractivity contribution in [2.24, 2.45) is 5.92 Å². The smallest absolute Gasteiger partial charge is 0.226 e. The fraction of sp³-hybridized carbons (Fsp3) is 0.556. The third-order valence-corrected chi connectivity index (χ3v) is 4.20. The maximum atomic E-state index is 12.6. The van der Waals surface area contributed by atoms with Crippen molar-refractivity contribution in [2.75, 3.05) is 26.2 Å². The molecule has 0 bridgehead atoms. The number of likely N-dealkylation sites (tertiary alicyclic amines) is 1. The maximum absolute atomic E-state index is 12.6. The van der Waals surface area contributed by atoms with Crippen LogP contribution in [-0.2, 0) is 11.3 Å². The summed E-state index contributed by atoms with van der Waals surface area (Å²) in [6.45, 7) is 12.2. The second-order valence-electron chi connectivity index (χ2n) is 6.18. The molecule has 0 atom stereocenters. The van der Waals surface area contributed by atoms with Crippen molar-refractivity contribution >= 4 is 5.91 Å². The molecule has 120 valence electrons. The van der Waals surface area contributed by atoms with Crippen LogP contribution in [0.5, 0.6) is 0 Å². The van der Waals surface area contributed by atoms with Crippen LogP contribution >= 0.6 is 0 Å². The summed E-state index contributed by atoms with van der Waals surface area (Å²) in [6.07, 6.45) is 3.72. The van der Waals surface area contributed by atoms with Crippen LogP contribution in [0.1, 0.15) is 32.4 Å². The van der Waals surface area contributed by atoms with Crippen molar-refractivity contribution in [1.29, 1.82) is 0 Å². The second-order valence-corrected chi connectivity index (χ2v) is 6.18. The highest BCUT2D eigenvalue weighted by Crippen LogP contribution is 2.21. The Morgan fingerprint density at radius 1 is 1.41 bits per heavy atom. The summed E-state index contributed by atoms with van der Waals surface area (Å²) in [5.74, 6) is 0.460. The first-order chi connectivity index (χ1) is 10.6. The van der Waals surface area contributed by atoms with Gasteiger partial charge in [-0.2, -0.15) is 0 Å². The molecule has 22 heavy (non-hydrogen) atoms. The lowest BCUT2D eigenvalue weighted by Gasteiger charge is -2.33. The molecule has 0 unspecified atom stereocenters. The first-order valence-corrected chi connectivity index (χ1v) is 8.15. The van der Waals surface area contributed by atoms with E-state index in [0.717, 1.165) is 50.3 Å². The van der Waals surface area contributed by atoms with Gasteiger partial charge in [-0.05, 0) is 51.9 Å². The van der Waals surface area contributed by atoms with Gasteiger partial charge in [-0.15, -0.1) is 0 Å². The number of pyridine rings is 1. The van der Waals surface area contributed by atoms with Crippen LogP contribution < -0.4 is 0 Å². The van der Waals surface area contributed by atoms with E-state index >= 15 is 0 Å². The third-order valence-electron chi connectivity index (χ3n) is 4.20. The van der Waals surface area contributed by atoms with Gasteiger partial charge in [0.25, 0.3) is 0 Å². The number of carbonyl (C=O) groups excluding carboxylic acids is 1. The molecule has 1 amide bonds. The summed E-state index contributed by atoms with van der Waals surface area (Å²) < 4.78 is 0. The Kier molecular flexibility index (Phi) is 6.13. The van der Waals surface area contributed by atoms with Gasteiger partial charge in [0.15, 0.2) is 0 Å². The molecule has 0 N–H and O–H groups in total. The Labute approximate surface area is 133 Å². The molecule has 0 aromatic carbocycles. The number of aromatic nitrogens is 1. The van der Waals surface area contributed by atoms with Gasteiger partial charge in [-0.25, -0.2) is 0 Å². The maximum Gasteiger partial charge on any atom is 0.226 e. The normalized spacial score (nSPS) is 16.5. The number of nitrogens with zero attached hydrogens (tertiary/aromatic N) is 3. The van der Waals surface area contributed by atoms with Gasteiger partial charge in [0, 0.05) is 31.7 Å². The first kappa shape index (κ1) is 16.7. The Morgan fingerprint density at radius 2 is 2.14 bits per heavy atom. The van der Waals surface area contributed by atoms with Crippen molar-refractivity contribution in [1.82, 2.24) is 14.8 Å². The summed E-state index contributed by atoms with van der Waals surface area (Å²) in [6, 6.07) is 6.02. The lowest BCUT2D eigenvalue weighted by atomic mass is 9.95. The minimum atomic E-state index is 0.166. The Balaban J connectivity index is 1.83. The molecule has 0 spiro atoms. The summed E-state index contributed by atoms with van der Waals surface area (Å²) in [5.41, 5.74) is 2.15. The zero-order valence-electron chi connectivity index (χ0n) is 13.8. The monoisotopic (exact) mass is 301 g/mol. The van der Waals surface area contributed by atoms with E-state index in [1.54, 1.807) is 0 Å². The number of carbonyl (C=O) groups is 1. The lowest BCUT2D eigenvalue weighted by Crippen LogP contribution is -2.42. The molecule has 0 saturated carbocycles. The van der Waals surface area contributed by atoms with Crippen molar-refractivity contribution in [2.45, 2.75) is 33.2 Å². The van der Waals surface area contributed by atoms with Crippen LogP contribution in [0.2, 0.25) is 0 Å². The van der Waals surface area contributed by atoms with E-state index in [4.69, 9.17) is 0 Å². The van der Waals surface area contributed by atoms with E-state index in [2.05, 4.69) is 22.5 Å². The van der Waals surface area contributed by atoms with Gasteiger partial charge in [0.05, 0.1) is 5.69 Å². The van der Waals surface area contributed by atoms with E-state index in [9.17, 15) is 4.79 Å². The van der Waals surface area contributed by atoms with E-state index in [0.29, 0.717) is 12.5 Å². The molecule has 4 heteroatoms. The quantitative estimate of drug-likeness (QED) is 0.758. The molecule has 1 aromatic heterocycles. The van der Waals surface area contributed by atoms with Gasteiger partial charge in [0.2, 0.25) is 5.91 Å². The van der Waals surface area contributed by atoms with E-state index in [1.165, 1.54) is 0 Å². The summed E-state index contributed by atoms with van der Waals surface area (Å²) in [5, 5.41) is 0. The van der Waals surface area contributed by atoms with Crippen molar-refractivity contribution < 1.29 is 4.79 Å². The Bertz CT molecular complexity index is 492. The van der Waals surface area contributed by atoms with Gasteiger partial charge >= 0.3 is 0 Å². The minimum absolute atomic E-state index is 0.166. The minimum Gasteiger partial charge on any atom is -0.339 e. The molecule has 2 heterocycles. The average Bonchev–Trinajstić information content (AvgIpc) is 2.53. The molecule has 1 saturated heterocycles. The predicted molar refractivity (Wildman–Crippen MR) is 89.3 cm³/mol. The molecule has 1 aliphatic heterocycles. The molecule has 1 fully saturated rings. The van der Waals surface area contributed by atoms with Crippen molar-refractivity contribution in [3.63, 3.8) is 0 Å². The molecule has 1 aromatic rings. The zero-order chi connectivity index (χ0) is 15.9. The van der Waals surface area contributed by atoms with Crippen LogP contribution in [0.25, 0.3) is 0 Å². The lowest BCUT2D eigenvalue weighted by molar-refractivity contribution is -0.136. The topological polar surface area (TPSA) is 36.4 Å². The van der Waals surface area contributed by atoms with Crippen molar-refractivity contribution in [3.8, 4) is 0 Å². The van der Waals surface area contributed by atoms with Gasteiger partial charge in [-0.1, -0.05) is 18.2 Å². The number of hydrogen-bond acceptors (Lipinski definition) is 3. The van der Waals surface area contributed by atoms with Gasteiger partial charge < -0.3 is 4.90 Å². The molecule has 2 rings (SSSR count). The molecule has 4 nitrogen and oxygen atoms in total. The van der Waals surface area contributed by atoms with Crippen LogP contribution in [0, 0.1) is 5.92 Å². The highest BCUT2D eigenvalue weighted by Gasteiger charge is 2.28. The highest BCUT2D eigenvalue weighted by atomic mass is 16.2. The standard InChI is InChI=1S/C18H27N3O/c1-4-21(13-15(2)3)18(22)16-8-11-20(12-9-16)14-17-7-5-6-10-19-17/h5-7,10,16H,2,4,8-9,11-14H2,1,3H3. The number of hydrogen-bond donors (Lipinski definition) is 0. The highest BCUT2D eigenvalue weighted by molar-refractivity contribution is 5.79. The SMILES string of the molecule is C=C(C)CN(CC)C(=O)C1CCN(Cc2ccccn2)CC1. The second kappa shape index (κ2) is 8.08. The average molecular weight is 301 g/mol. The zero-order valence-corrected chi connectivity index (χ0v) is 13.8. The van der Waals surface area contributed by atoms with Crippen molar-refractivity contribution in [3.05, 3.63) is 42.2 Å². The molecular weight excluding hydrogens is 274 g/mol. The van der Waals surface area contributed by atoms with E-state index in [-0.39, 0.29) is 5.92 Å². The van der Waals surface area contributed by atoms with Crippen LogP contribution in [-0.4, -0.2) is 46.9 Å². The van der Waals surface area contributed by atoms with Crippen LogP contribution in [0.3, 0.4) is 0 Å². The number of amides is 1. The van der Waals surface area contributed by atoms with Gasteiger partial charge in [0.1, 0.15) is 0 Å². The molecule has 0 radical (unpaired) electrons. The summed E-state index contributed by atoms with van der Waals surface area (Å²) in [4.78, 5) is 21.3. The fourth-order valence-corrected chi connectivity index (χ4v) is 2.99. The number of piperidine rings is 1. The molecule has 1 aliphatic rings. The fourth-order valence-electron chi connectivity index (χ4n) is 2.99. The Hall–Kier alpha value is -1.68. The summed E-state index contributed by atoms with van der Waals surface area (Å²) >= 11 is 0. The predicted octanol–water partition coefficient (Wildman–Crippen LogP) is 2.72. The number of likely N-dealkylation sites (N-methyl/N-ethyl adjacent to an activating group) is 1. The van der Waals surface area contributed by atoms with E-state index < -0.39 is 0 Å². The largest absolute Gasteiger partial charge is 0.339 e. The van der Waals surface area contributed by atoms with Crippen LogP contribution in [0.15, 0.2) is 36.5 Å². The third kappa shape index (κ3) is 4.67. The Morgan fingerprint density at radius 3 is 2.68 bits per heavy atom. The first-order valence-electron chi connectivity index (χ1n) is 8.15. The van der Waals surface area contributed by atoms with E-state index in [1.807, 2.05) is 37.1 Å². The summed E-state index contributed by atoms with van der Waals surface area (Å²) in [7, 11) is 0. The molecule has 0 aliphatic carbocycles. The van der Waals surface area contributed by atoms with Gasteiger partial charge in [-0.3, -0.25) is 14.7 Å². The molecular formula is C18H27N3O. The number of rotatable bonds is 6. The van der Waals surface area contributed by atoms with Crippen LogP contribution in [0.4, 0.5) is 0 Å².